The van der Waals surface area contributed by atoms with E-state index in [9.17, 15) is 9.67 Å². The van der Waals surface area contributed by atoms with Crippen molar-refractivity contribution in [1.82, 2.24) is 5.32 Å². The summed E-state index contributed by atoms with van der Waals surface area (Å²) >= 11 is 0. The van der Waals surface area contributed by atoms with Crippen LogP contribution in [0.15, 0.2) is 60.7 Å². The van der Waals surface area contributed by atoms with Crippen molar-refractivity contribution in [3.8, 4) is 0 Å². The zero-order valence-electron chi connectivity index (χ0n) is 16.3. The fraction of sp³-hybridized carbons (Fsp3) is 0.455. The van der Waals surface area contributed by atoms with Gasteiger partial charge >= 0.3 is 7.60 Å². The highest BCUT2D eigenvalue weighted by Gasteiger charge is 2.66. The van der Waals surface area contributed by atoms with Crippen molar-refractivity contribution in [2.75, 3.05) is 14.2 Å². The van der Waals surface area contributed by atoms with Gasteiger partial charge in [0.25, 0.3) is 0 Å². The van der Waals surface area contributed by atoms with Gasteiger partial charge in [0.15, 0.2) is 5.34 Å². The van der Waals surface area contributed by atoms with Crippen molar-refractivity contribution in [3.63, 3.8) is 0 Å². The minimum Gasteiger partial charge on any atom is -0.377 e. The quantitative estimate of drug-likeness (QED) is 0.713. The zero-order chi connectivity index (χ0) is 19.8. The molecule has 0 spiro atoms. The molecule has 0 radical (unpaired) electrons. The Kier molecular flexibility index (Phi) is 5.47. The molecule has 2 aliphatic rings. The number of rotatable bonds is 5. The van der Waals surface area contributed by atoms with E-state index in [0.29, 0.717) is 0 Å². The molecule has 4 atom stereocenters. The molecule has 0 aromatic heterocycles. The second-order valence-electron chi connectivity index (χ2n) is 7.73. The highest BCUT2D eigenvalue weighted by atomic mass is 31.2. The van der Waals surface area contributed by atoms with Crippen LogP contribution in [0.25, 0.3) is 0 Å². The number of hydrogen-bond acceptors (Lipinski definition) is 5. The molecule has 1 saturated heterocycles. The summed E-state index contributed by atoms with van der Waals surface area (Å²) in [6.45, 7) is 0. The highest BCUT2D eigenvalue weighted by Crippen LogP contribution is 2.71. The molecular formula is C22H28NO4P. The molecule has 4 unspecified atom stereocenters. The Balaban J connectivity index is 1.88. The van der Waals surface area contributed by atoms with E-state index in [1.807, 2.05) is 36.4 Å². The van der Waals surface area contributed by atoms with Crippen molar-refractivity contribution in [1.29, 1.82) is 0 Å². The highest BCUT2D eigenvalue weighted by molar-refractivity contribution is 7.55. The van der Waals surface area contributed by atoms with Gasteiger partial charge in [-0.1, -0.05) is 67.1 Å². The largest absolute Gasteiger partial charge is 0.377 e. The molecule has 2 bridgehead atoms. The van der Waals surface area contributed by atoms with Gasteiger partial charge in [0, 0.05) is 38.1 Å². The Bertz CT molecular complexity index is 783. The molecule has 2 aromatic carbocycles. The third kappa shape index (κ3) is 2.97. The van der Waals surface area contributed by atoms with Gasteiger partial charge in [-0.3, -0.25) is 4.57 Å². The van der Waals surface area contributed by atoms with E-state index in [1.165, 1.54) is 14.2 Å². The Morgan fingerprint density at radius 3 is 1.71 bits per heavy atom. The first-order valence-corrected chi connectivity index (χ1v) is 11.4. The van der Waals surface area contributed by atoms with E-state index < -0.39 is 12.9 Å². The molecule has 1 aliphatic carbocycles. The number of benzene rings is 2. The zero-order valence-corrected chi connectivity index (χ0v) is 17.2. The lowest BCUT2D eigenvalue weighted by Crippen LogP contribution is -2.61. The van der Waals surface area contributed by atoms with Crippen LogP contribution in [0.3, 0.4) is 0 Å². The standard InChI is InChI=1S/C22H28NO4P/c1-26-28(25,27-2)22(24)18-14-9-15-19(22)21(17-12-7-4-8-13-17)23-20(18)16-10-5-3-6-11-16/h3-8,10-13,18-21,23-24H,9,14-15H2,1-2H3. The Hall–Kier alpha value is -1.49. The molecule has 5 nitrogen and oxygen atoms in total. The summed E-state index contributed by atoms with van der Waals surface area (Å²) in [4.78, 5) is 0. The number of aliphatic hydroxyl groups is 1. The van der Waals surface area contributed by atoms with Crippen LogP contribution in [0.1, 0.15) is 42.5 Å². The first kappa shape index (κ1) is 19.8. The average Bonchev–Trinajstić information content (AvgIpc) is 2.74. The molecule has 2 aromatic rings. The van der Waals surface area contributed by atoms with Gasteiger partial charge < -0.3 is 19.5 Å². The SMILES string of the molecule is COP(=O)(OC)C1(O)C2CCCC1C(c1ccccc1)NC2c1ccccc1. The number of piperidine rings is 1. The lowest BCUT2D eigenvalue weighted by Gasteiger charge is -2.57. The fourth-order valence-corrected chi connectivity index (χ4v) is 7.36. The maximum atomic E-state index is 13.7. The summed E-state index contributed by atoms with van der Waals surface area (Å²) in [6.07, 6.45) is 2.50. The maximum absolute atomic E-state index is 13.7. The maximum Gasteiger partial charge on any atom is 0.362 e. The second kappa shape index (κ2) is 7.74. The van der Waals surface area contributed by atoms with Crippen molar-refractivity contribution in [2.45, 2.75) is 36.7 Å². The molecule has 28 heavy (non-hydrogen) atoms. The molecule has 1 aliphatic heterocycles. The lowest BCUT2D eigenvalue weighted by atomic mass is 9.65. The minimum atomic E-state index is -3.75. The summed E-state index contributed by atoms with van der Waals surface area (Å²) in [5.41, 5.74) is 2.15. The predicted octanol–water partition coefficient (Wildman–Crippen LogP) is 4.66. The Morgan fingerprint density at radius 1 is 0.893 bits per heavy atom. The summed E-state index contributed by atoms with van der Waals surface area (Å²) < 4.78 is 24.5. The van der Waals surface area contributed by atoms with Crippen molar-refractivity contribution >= 4 is 7.60 Å². The van der Waals surface area contributed by atoms with E-state index >= 15 is 0 Å². The van der Waals surface area contributed by atoms with Crippen molar-refractivity contribution < 1.29 is 18.7 Å². The van der Waals surface area contributed by atoms with Crippen LogP contribution in [0.5, 0.6) is 0 Å². The molecule has 150 valence electrons. The van der Waals surface area contributed by atoms with Gasteiger partial charge in [0.05, 0.1) is 0 Å². The van der Waals surface area contributed by atoms with Gasteiger partial charge in [-0.05, 0) is 24.0 Å². The van der Waals surface area contributed by atoms with Gasteiger partial charge in [-0.15, -0.1) is 0 Å². The number of fused-ring (bicyclic) bond motifs is 2. The molecule has 1 saturated carbocycles. The van der Waals surface area contributed by atoms with E-state index in [-0.39, 0.29) is 23.9 Å². The van der Waals surface area contributed by atoms with Crippen LogP contribution in [0, 0.1) is 11.8 Å². The van der Waals surface area contributed by atoms with E-state index in [4.69, 9.17) is 9.05 Å². The first-order valence-electron chi connectivity index (χ1n) is 9.85. The molecule has 4 rings (SSSR count). The van der Waals surface area contributed by atoms with Crippen molar-refractivity contribution in [3.05, 3.63) is 71.8 Å². The third-order valence-electron chi connectivity index (χ3n) is 6.52. The molecule has 2 fully saturated rings. The van der Waals surface area contributed by atoms with Crippen LogP contribution in [0.4, 0.5) is 0 Å². The summed E-state index contributed by atoms with van der Waals surface area (Å²) in [6, 6.07) is 19.9. The smallest absolute Gasteiger partial charge is 0.362 e. The van der Waals surface area contributed by atoms with Gasteiger partial charge in [-0.2, -0.15) is 0 Å². The monoisotopic (exact) mass is 401 g/mol. The van der Waals surface area contributed by atoms with Gasteiger partial charge in [0.1, 0.15) is 0 Å². The van der Waals surface area contributed by atoms with Crippen LogP contribution in [0.2, 0.25) is 0 Å². The molecule has 2 N–H and O–H groups in total. The normalized spacial score (nSPS) is 32.8. The van der Waals surface area contributed by atoms with Crippen LogP contribution in [-0.2, 0) is 13.6 Å². The third-order valence-corrected chi connectivity index (χ3v) is 9.02. The molecule has 1 heterocycles. The molecule has 0 amide bonds. The summed E-state index contributed by atoms with van der Waals surface area (Å²) in [5.74, 6) is -0.529. The predicted molar refractivity (Wildman–Crippen MR) is 109 cm³/mol. The van der Waals surface area contributed by atoms with Gasteiger partial charge in [0.2, 0.25) is 0 Å². The number of hydrogen-bond donors (Lipinski definition) is 2. The van der Waals surface area contributed by atoms with Crippen LogP contribution >= 0.6 is 7.60 Å². The average molecular weight is 401 g/mol. The number of nitrogens with one attached hydrogen (secondary N) is 1. The molecule has 6 heteroatoms. The topological polar surface area (TPSA) is 67.8 Å². The lowest BCUT2D eigenvalue weighted by molar-refractivity contribution is -0.103. The van der Waals surface area contributed by atoms with Gasteiger partial charge in [-0.25, -0.2) is 0 Å². The molecular weight excluding hydrogens is 373 g/mol. The van der Waals surface area contributed by atoms with E-state index in [2.05, 4.69) is 29.6 Å². The van der Waals surface area contributed by atoms with Crippen molar-refractivity contribution in [2.24, 2.45) is 11.8 Å². The Morgan fingerprint density at radius 2 is 1.32 bits per heavy atom. The first-order chi connectivity index (χ1) is 13.5. The second-order valence-corrected chi connectivity index (χ2v) is 10.2. The Labute approximate surface area is 166 Å². The summed E-state index contributed by atoms with van der Waals surface area (Å²) in [7, 11) is -1.01. The fourth-order valence-electron chi connectivity index (χ4n) is 5.26. The minimum absolute atomic E-state index is 0.147. The van der Waals surface area contributed by atoms with E-state index in [1.54, 1.807) is 0 Å². The summed E-state index contributed by atoms with van der Waals surface area (Å²) in [5, 5.41) is 14.3. The van der Waals surface area contributed by atoms with Crippen LogP contribution in [-0.4, -0.2) is 24.7 Å². The van der Waals surface area contributed by atoms with Crippen LogP contribution < -0.4 is 5.32 Å². The van der Waals surface area contributed by atoms with E-state index in [0.717, 1.165) is 30.4 Å².